The minimum atomic E-state index is -0.553. The van der Waals surface area contributed by atoms with Crippen LogP contribution < -0.4 is 9.47 Å². The number of para-hydroxylation sites is 1. The van der Waals surface area contributed by atoms with Crippen molar-refractivity contribution in [2.24, 2.45) is 0 Å². The summed E-state index contributed by atoms with van der Waals surface area (Å²) in [4.78, 5) is 12.2. The highest BCUT2D eigenvalue weighted by Gasteiger charge is 2.23. The largest absolute Gasteiger partial charge is 0.493 e. The number of methoxy groups -OCH3 is 1. The van der Waals surface area contributed by atoms with Crippen molar-refractivity contribution in [2.75, 3.05) is 13.7 Å². The van der Waals surface area contributed by atoms with Gasteiger partial charge in [0.2, 0.25) is 0 Å². The first-order valence-electron chi connectivity index (χ1n) is 8.26. The highest BCUT2D eigenvalue weighted by Crippen LogP contribution is 2.38. The van der Waals surface area contributed by atoms with Crippen LogP contribution in [0, 0.1) is 0 Å². The zero-order valence-corrected chi connectivity index (χ0v) is 16.4. The summed E-state index contributed by atoms with van der Waals surface area (Å²) in [5.74, 6) is 0.452. The summed E-state index contributed by atoms with van der Waals surface area (Å²) in [6, 6.07) is 13.2. The Morgan fingerprint density at radius 3 is 2.63 bits per heavy atom. The predicted molar refractivity (Wildman–Crippen MR) is 103 cm³/mol. The van der Waals surface area contributed by atoms with Gasteiger partial charge in [-0.05, 0) is 36.8 Å². The number of esters is 1. The SMILES string of the molecule is CCOC(=O)c1n[nH]nc1-c1cccc(OC)c1OCc1ccc(Br)cc1. The molecule has 1 aromatic heterocycles. The molecule has 0 bridgehead atoms. The van der Waals surface area contributed by atoms with Crippen molar-refractivity contribution < 1.29 is 19.0 Å². The van der Waals surface area contributed by atoms with Crippen LogP contribution >= 0.6 is 15.9 Å². The molecule has 1 N–H and O–H groups in total. The summed E-state index contributed by atoms with van der Waals surface area (Å²) in [6.07, 6.45) is 0. The number of hydrogen-bond donors (Lipinski definition) is 1. The molecule has 0 spiro atoms. The number of nitrogens with one attached hydrogen (secondary N) is 1. The van der Waals surface area contributed by atoms with Gasteiger partial charge in [0, 0.05) is 4.47 Å². The number of halogens is 1. The van der Waals surface area contributed by atoms with E-state index >= 15 is 0 Å². The highest BCUT2D eigenvalue weighted by atomic mass is 79.9. The number of H-pyrrole nitrogens is 1. The maximum atomic E-state index is 12.2. The van der Waals surface area contributed by atoms with E-state index in [1.807, 2.05) is 24.3 Å². The van der Waals surface area contributed by atoms with Gasteiger partial charge in [-0.2, -0.15) is 10.3 Å². The zero-order valence-electron chi connectivity index (χ0n) is 14.9. The Kier molecular flexibility index (Phi) is 6.08. The average molecular weight is 432 g/mol. The summed E-state index contributed by atoms with van der Waals surface area (Å²) < 4.78 is 17.5. The second-order valence-electron chi connectivity index (χ2n) is 5.49. The quantitative estimate of drug-likeness (QED) is 0.568. The van der Waals surface area contributed by atoms with Gasteiger partial charge >= 0.3 is 5.97 Å². The van der Waals surface area contributed by atoms with Crippen molar-refractivity contribution in [1.82, 2.24) is 15.4 Å². The summed E-state index contributed by atoms with van der Waals surface area (Å²) in [5, 5.41) is 10.5. The maximum absolute atomic E-state index is 12.2. The molecule has 0 radical (unpaired) electrons. The van der Waals surface area contributed by atoms with Gasteiger partial charge in [0.1, 0.15) is 12.3 Å². The number of hydrogen-bond acceptors (Lipinski definition) is 6. The Balaban J connectivity index is 1.96. The Labute approximate surface area is 164 Å². The zero-order chi connectivity index (χ0) is 19.2. The number of aromatic amines is 1. The van der Waals surface area contributed by atoms with Crippen LogP contribution in [-0.2, 0) is 11.3 Å². The van der Waals surface area contributed by atoms with Crippen molar-refractivity contribution in [3.63, 3.8) is 0 Å². The van der Waals surface area contributed by atoms with E-state index in [0.717, 1.165) is 10.0 Å². The molecule has 0 aliphatic rings. The second-order valence-corrected chi connectivity index (χ2v) is 6.41. The topological polar surface area (TPSA) is 86.3 Å². The molecule has 0 saturated carbocycles. The van der Waals surface area contributed by atoms with Gasteiger partial charge in [-0.15, -0.1) is 5.10 Å². The van der Waals surface area contributed by atoms with Crippen LogP contribution in [0.15, 0.2) is 46.9 Å². The first-order chi connectivity index (χ1) is 13.1. The van der Waals surface area contributed by atoms with Crippen molar-refractivity contribution in [1.29, 1.82) is 0 Å². The third kappa shape index (κ3) is 4.28. The lowest BCUT2D eigenvalue weighted by Crippen LogP contribution is -2.07. The number of carbonyl (C=O) groups is 1. The Bertz CT molecular complexity index is 925. The number of aromatic nitrogens is 3. The van der Waals surface area contributed by atoms with Crippen LogP contribution in [0.1, 0.15) is 23.0 Å². The van der Waals surface area contributed by atoms with Crippen LogP contribution in [-0.4, -0.2) is 35.1 Å². The summed E-state index contributed by atoms with van der Waals surface area (Å²) in [5.41, 5.74) is 2.01. The fourth-order valence-corrected chi connectivity index (χ4v) is 2.77. The Hall–Kier alpha value is -2.87. The van der Waals surface area contributed by atoms with E-state index in [1.54, 1.807) is 32.2 Å². The van der Waals surface area contributed by atoms with E-state index in [1.165, 1.54) is 0 Å². The lowest BCUT2D eigenvalue weighted by Gasteiger charge is -2.14. The van der Waals surface area contributed by atoms with Gasteiger partial charge < -0.3 is 14.2 Å². The van der Waals surface area contributed by atoms with Crippen molar-refractivity contribution >= 4 is 21.9 Å². The molecule has 8 heteroatoms. The molecule has 0 atom stereocenters. The molecule has 0 amide bonds. The molecule has 7 nitrogen and oxygen atoms in total. The van der Waals surface area contributed by atoms with E-state index in [-0.39, 0.29) is 12.3 Å². The number of ether oxygens (including phenoxy) is 3. The lowest BCUT2D eigenvalue weighted by atomic mass is 10.1. The Morgan fingerprint density at radius 2 is 1.93 bits per heavy atom. The first-order valence-corrected chi connectivity index (χ1v) is 9.05. The predicted octanol–water partition coefficient (Wildman–Crippen LogP) is 4.00. The van der Waals surface area contributed by atoms with Gasteiger partial charge in [0.15, 0.2) is 17.2 Å². The number of rotatable bonds is 7. The lowest BCUT2D eigenvalue weighted by molar-refractivity contribution is 0.0520. The highest BCUT2D eigenvalue weighted by molar-refractivity contribution is 9.10. The van der Waals surface area contributed by atoms with Gasteiger partial charge in [-0.25, -0.2) is 4.79 Å². The van der Waals surface area contributed by atoms with Crippen LogP contribution in [0.25, 0.3) is 11.3 Å². The molecule has 0 fully saturated rings. The van der Waals surface area contributed by atoms with Crippen LogP contribution in [0.5, 0.6) is 11.5 Å². The number of nitrogens with zero attached hydrogens (tertiary/aromatic N) is 2. The molecule has 0 aliphatic heterocycles. The van der Waals surface area contributed by atoms with Crippen LogP contribution in [0.3, 0.4) is 0 Å². The molecular weight excluding hydrogens is 414 g/mol. The normalized spacial score (nSPS) is 10.5. The minimum Gasteiger partial charge on any atom is -0.493 e. The molecule has 140 valence electrons. The number of benzene rings is 2. The third-order valence-electron chi connectivity index (χ3n) is 3.77. The van der Waals surface area contributed by atoms with Gasteiger partial charge in [-0.1, -0.05) is 34.1 Å². The minimum absolute atomic E-state index is 0.0959. The standard InChI is InChI=1S/C19H18BrN3O4/c1-3-26-19(24)17-16(21-23-22-17)14-5-4-6-15(25-2)18(14)27-11-12-7-9-13(20)10-8-12/h4-10H,3,11H2,1-2H3,(H,21,22,23). The van der Waals surface area contributed by atoms with Crippen LogP contribution in [0.4, 0.5) is 0 Å². The fraction of sp³-hybridized carbons (Fsp3) is 0.211. The molecule has 0 aliphatic carbocycles. The third-order valence-corrected chi connectivity index (χ3v) is 4.30. The molecule has 2 aromatic carbocycles. The van der Waals surface area contributed by atoms with E-state index < -0.39 is 5.97 Å². The van der Waals surface area contributed by atoms with E-state index in [9.17, 15) is 4.79 Å². The molecule has 0 unspecified atom stereocenters. The monoisotopic (exact) mass is 431 g/mol. The van der Waals surface area contributed by atoms with Gasteiger partial charge in [0.05, 0.1) is 19.3 Å². The molecular formula is C19H18BrN3O4. The number of carbonyl (C=O) groups excluding carboxylic acids is 1. The average Bonchev–Trinajstić information content (AvgIpc) is 3.17. The summed E-state index contributed by atoms with van der Waals surface area (Å²) in [7, 11) is 1.56. The van der Waals surface area contributed by atoms with Crippen molar-refractivity contribution in [3.8, 4) is 22.8 Å². The summed E-state index contributed by atoms with van der Waals surface area (Å²) in [6.45, 7) is 2.30. The molecule has 27 heavy (non-hydrogen) atoms. The van der Waals surface area contributed by atoms with Gasteiger partial charge in [0.25, 0.3) is 0 Å². The smallest absolute Gasteiger partial charge is 0.361 e. The Morgan fingerprint density at radius 1 is 1.15 bits per heavy atom. The molecule has 1 heterocycles. The van der Waals surface area contributed by atoms with Crippen LogP contribution in [0.2, 0.25) is 0 Å². The summed E-state index contributed by atoms with van der Waals surface area (Å²) >= 11 is 3.41. The van der Waals surface area contributed by atoms with Gasteiger partial charge in [-0.3, -0.25) is 0 Å². The molecule has 0 saturated heterocycles. The fourth-order valence-electron chi connectivity index (χ4n) is 2.51. The van der Waals surface area contributed by atoms with Crippen molar-refractivity contribution in [3.05, 3.63) is 58.2 Å². The van der Waals surface area contributed by atoms with E-state index in [0.29, 0.717) is 29.4 Å². The maximum Gasteiger partial charge on any atom is 0.361 e. The molecule has 3 rings (SSSR count). The van der Waals surface area contributed by atoms with E-state index in [2.05, 4.69) is 31.3 Å². The second kappa shape index (κ2) is 8.68. The first kappa shape index (κ1) is 18.9. The van der Waals surface area contributed by atoms with Crippen molar-refractivity contribution in [2.45, 2.75) is 13.5 Å². The molecule has 3 aromatic rings. The van der Waals surface area contributed by atoms with E-state index in [4.69, 9.17) is 14.2 Å².